The van der Waals surface area contributed by atoms with E-state index in [1.165, 1.54) is 11.8 Å². The summed E-state index contributed by atoms with van der Waals surface area (Å²) < 4.78 is 15.0. The molecule has 0 spiro atoms. The maximum absolute atomic E-state index is 12.9. The summed E-state index contributed by atoms with van der Waals surface area (Å²) in [4.78, 5) is 0. The van der Waals surface area contributed by atoms with Crippen molar-refractivity contribution < 1.29 is 4.39 Å². The molecule has 68 valence electrons. The van der Waals surface area contributed by atoms with Crippen molar-refractivity contribution in [3.05, 3.63) is 35.8 Å². The minimum Gasteiger partial charge on any atom is -0.348 e. The molecule has 0 atom stereocenters. The van der Waals surface area contributed by atoms with E-state index in [4.69, 9.17) is 0 Å². The Morgan fingerprint density at radius 3 is 2.77 bits per heavy atom. The van der Waals surface area contributed by atoms with Gasteiger partial charge >= 0.3 is 0 Å². The van der Waals surface area contributed by atoms with E-state index in [0.29, 0.717) is 0 Å². The number of benzene rings is 1. The number of halogens is 1. The zero-order valence-corrected chi connectivity index (χ0v) is 7.84. The fourth-order valence-electron chi connectivity index (χ4n) is 1.72. The van der Waals surface area contributed by atoms with Crippen molar-refractivity contribution in [1.29, 1.82) is 0 Å². The molecule has 0 aliphatic carbocycles. The third-order valence-electron chi connectivity index (χ3n) is 2.47. The van der Waals surface area contributed by atoms with E-state index in [0.717, 1.165) is 17.3 Å². The highest BCUT2D eigenvalue weighted by Crippen LogP contribution is 2.19. The smallest absolute Gasteiger partial charge is 0.123 e. The van der Waals surface area contributed by atoms with E-state index in [9.17, 15) is 4.39 Å². The molecule has 0 radical (unpaired) electrons. The second kappa shape index (κ2) is 2.87. The number of hydrogen-bond donors (Lipinski definition) is 0. The highest BCUT2D eigenvalue weighted by Gasteiger charge is 2.03. The first-order chi connectivity index (χ1) is 6.22. The first kappa shape index (κ1) is 8.30. The summed E-state index contributed by atoms with van der Waals surface area (Å²) in [7, 11) is 2.01. The summed E-state index contributed by atoms with van der Waals surface area (Å²) in [5.74, 6) is -0.166. The van der Waals surface area contributed by atoms with Crippen LogP contribution in [0, 0.1) is 5.82 Å². The molecular formula is C11H12FN. The lowest BCUT2D eigenvalue weighted by molar-refractivity contribution is 0.629. The number of hydrogen-bond acceptors (Lipinski definition) is 0. The summed E-state index contributed by atoms with van der Waals surface area (Å²) in [6, 6.07) is 6.94. The molecule has 0 fully saturated rings. The fourth-order valence-corrected chi connectivity index (χ4v) is 1.72. The number of nitrogens with zero attached hydrogens (tertiary/aromatic N) is 1. The number of aryl methyl sites for hydroxylation is 2. The number of rotatable bonds is 1. The molecule has 0 aliphatic rings. The van der Waals surface area contributed by atoms with Crippen molar-refractivity contribution >= 4 is 10.9 Å². The van der Waals surface area contributed by atoms with Gasteiger partial charge in [0, 0.05) is 23.6 Å². The standard InChI is InChI=1S/C11H12FN/c1-3-10-7-8-6-9(12)4-5-11(8)13(10)2/h4-7H,3H2,1-2H3. The Balaban J connectivity index is 2.76. The molecular weight excluding hydrogens is 165 g/mol. The molecule has 1 heterocycles. The topological polar surface area (TPSA) is 4.93 Å². The Morgan fingerprint density at radius 2 is 2.08 bits per heavy atom. The molecule has 0 bridgehead atoms. The van der Waals surface area contributed by atoms with Gasteiger partial charge in [-0.1, -0.05) is 6.92 Å². The van der Waals surface area contributed by atoms with E-state index in [-0.39, 0.29) is 5.82 Å². The molecule has 0 saturated heterocycles. The van der Waals surface area contributed by atoms with Gasteiger partial charge in [0.05, 0.1) is 0 Å². The lowest BCUT2D eigenvalue weighted by Crippen LogP contribution is -1.92. The van der Waals surface area contributed by atoms with Crippen LogP contribution in [0.15, 0.2) is 24.3 Å². The molecule has 0 N–H and O–H groups in total. The summed E-state index contributed by atoms with van der Waals surface area (Å²) in [5, 5.41) is 0.986. The molecule has 2 rings (SSSR count). The molecule has 2 heteroatoms. The monoisotopic (exact) mass is 177 g/mol. The van der Waals surface area contributed by atoms with Gasteiger partial charge in [0.15, 0.2) is 0 Å². The van der Waals surface area contributed by atoms with E-state index in [1.807, 2.05) is 19.2 Å². The molecule has 0 amide bonds. The van der Waals surface area contributed by atoms with Crippen molar-refractivity contribution in [2.75, 3.05) is 0 Å². The first-order valence-electron chi connectivity index (χ1n) is 4.46. The largest absolute Gasteiger partial charge is 0.348 e. The quantitative estimate of drug-likeness (QED) is 0.631. The van der Waals surface area contributed by atoms with Crippen LogP contribution in [0.1, 0.15) is 12.6 Å². The third-order valence-corrected chi connectivity index (χ3v) is 2.47. The fraction of sp³-hybridized carbons (Fsp3) is 0.273. The van der Waals surface area contributed by atoms with Gasteiger partial charge < -0.3 is 4.57 Å². The lowest BCUT2D eigenvalue weighted by Gasteiger charge is -1.99. The molecule has 13 heavy (non-hydrogen) atoms. The Labute approximate surface area is 76.8 Å². The van der Waals surface area contributed by atoms with Crippen LogP contribution in [-0.2, 0) is 13.5 Å². The van der Waals surface area contributed by atoms with Crippen molar-refractivity contribution in [3.63, 3.8) is 0 Å². The van der Waals surface area contributed by atoms with Gasteiger partial charge in [0.2, 0.25) is 0 Å². The normalized spacial score (nSPS) is 11.0. The van der Waals surface area contributed by atoms with Crippen LogP contribution in [0.3, 0.4) is 0 Å². The van der Waals surface area contributed by atoms with E-state index in [1.54, 1.807) is 6.07 Å². The van der Waals surface area contributed by atoms with Crippen molar-refractivity contribution in [2.45, 2.75) is 13.3 Å². The first-order valence-corrected chi connectivity index (χ1v) is 4.46. The molecule has 1 nitrogen and oxygen atoms in total. The average molecular weight is 177 g/mol. The third kappa shape index (κ3) is 1.22. The van der Waals surface area contributed by atoms with Crippen LogP contribution >= 0.6 is 0 Å². The van der Waals surface area contributed by atoms with Gasteiger partial charge in [-0.3, -0.25) is 0 Å². The summed E-state index contributed by atoms with van der Waals surface area (Å²) >= 11 is 0. The molecule has 1 aromatic heterocycles. The Bertz CT molecular complexity index is 443. The maximum Gasteiger partial charge on any atom is 0.123 e. The lowest BCUT2D eigenvalue weighted by atomic mass is 10.2. The highest BCUT2D eigenvalue weighted by atomic mass is 19.1. The van der Waals surface area contributed by atoms with Crippen molar-refractivity contribution in [1.82, 2.24) is 4.57 Å². The zero-order valence-electron chi connectivity index (χ0n) is 7.84. The van der Waals surface area contributed by atoms with E-state index < -0.39 is 0 Å². The Morgan fingerprint density at radius 1 is 1.31 bits per heavy atom. The second-order valence-electron chi connectivity index (χ2n) is 3.25. The summed E-state index contributed by atoms with van der Waals surface area (Å²) in [5.41, 5.74) is 2.33. The van der Waals surface area contributed by atoms with E-state index in [2.05, 4.69) is 11.5 Å². The highest BCUT2D eigenvalue weighted by molar-refractivity contribution is 5.81. The SMILES string of the molecule is CCc1cc2cc(F)ccc2n1C. The predicted octanol–water partition coefficient (Wildman–Crippen LogP) is 2.88. The van der Waals surface area contributed by atoms with Gasteiger partial charge in [-0.05, 0) is 30.7 Å². The van der Waals surface area contributed by atoms with Crippen LogP contribution in [0.5, 0.6) is 0 Å². The predicted molar refractivity (Wildman–Crippen MR) is 52.3 cm³/mol. The van der Waals surface area contributed by atoms with Crippen molar-refractivity contribution in [3.8, 4) is 0 Å². The molecule has 0 unspecified atom stereocenters. The summed E-state index contributed by atoms with van der Waals surface area (Å²) in [6.45, 7) is 2.10. The van der Waals surface area contributed by atoms with Crippen LogP contribution in [0.4, 0.5) is 4.39 Å². The van der Waals surface area contributed by atoms with E-state index >= 15 is 0 Å². The molecule has 0 aliphatic heterocycles. The van der Waals surface area contributed by atoms with Gasteiger partial charge in [-0.2, -0.15) is 0 Å². The molecule has 0 saturated carbocycles. The van der Waals surface area contributed by atoms with Crippen LogP contribution in [0.2, 0.25) is 0 Å². The van der Waals surface area contributed by atoms with Crippen LogP contribution in [-0.4, -0.2) is 4.57 Å². The van der Waals surface area contributed by atoms with Gasteiger partial charge in [-0.15, -0.1) is 0 Å². The Kier molecular flexibility index (Phi) is 1.83. The van der Waals surface area contributed by atoms with Crippen LogP contribution < -0.4 is 0 Å². The van der Waals surface area contributed by atoms with Crippen molar-refractivity contribution in [2.24, 2.45) is 7.05 Å². The number of fused-ring (bicyclic) bond motifs is 1. The minimum absolute atomic E-state index is 0.166. The Hall–Kier alpha value is -1.31. The van der Waals surface area contributed by atoms with Gasteiger partial charge in [-0.25, -0.2) is 4.39 Å². The van der Waals surface area contributed by atoms with Crippen LogP contribution in [0.25, 0.3) is 10.9 Å². The second-order valence-corrected chi connectivity index (χ2v) is 3.25. The van der Waals surface area contributed by atoms with Gasteiger partial charge in [0.25, 0.3) is 0 Å². The van der Waals surface area contributed by atoms with Gasteiger partial charge in [0.1, 0.15) is 5.82 Å². The molecule has 1 aromatic carbocycles. The maximum atomic E-state index is 12.9. The minimum atomic E-state index is -0.166. The zero-order chi connectivity index (χ0) is 9.42. The number of aromatic nitrogens is 1. The molecule has 2 aromatic rings. The summed E-state index contributed by atoms with van der Waals surface area (Å²) in [6.07, 6.45) is 0.979. The average Bonchev–Trinajstić information content (AvgIpc) is 2.42.